The number of alkyl carbamates (subject to hydrolysis) is 1. The fraction of sp³-hybridized carbons (Fsp3) is 0.414. The van der Waals surface area contributed by atoms with Crippen LogP contribution in [-0.4, -0.2) is 58.3 Å². The molecule has 0 bridgehead atoms. The largest absolute Gasteiger partial charge is 0.485 e. The smallest absolute Gasteiger partial charge is 0.407 e. The molecule has 0 spiro atoms. The van der Waals surface area contributed by atoms with Gasteiger partial charge in [0.15, 0.2) is 0 Å². The minimum Gasteiger partial charge on any atom is -0.485 e. The average Bonchev–Trinajstić information content (AvgIpc) is 3.41. The van der Waals surface area contributed by atoms with Crippen LogP contribution in [0.5, 0.6) is 5.75 Å². The van der Waals surface area contributed by atoms with E-state index in [2.05, 4.69) is 29.9 Å². The molecule has 3 heterocycles. The molecule has 214 valence electrons. The van der Waals surface area contributed by atoms with Crippen molar-refractivity contribution in [1.29, 1.82) is 0 Å². The Bertz CT molecular complexity index is 1300. The lowest BCUT2D eigenvalue weighted by atomic mass is 10.1. The predicted molar refractivity (Wildman–Crippen MR) is 165 cm³/mol. The van der Waals surface area contributed by atoms with Crippen LogP contribution >= 0.6 is 22.9 Å². The second kappa shape index (κ2) is 13.5. The highest BCUT2D eigenvalue weighted by atomic mass is 35.5. The number of halogens is 1. The first-order chi connectivity index (χ1) is 19.1. The molecule has 1 atom stereocenters. The lowest BCUT2D eigenvalue weighted by Crippen LogP contribution is -2.33. The number of hydrogen-bond donors (Lipinski definition) is 1. The van der Waals surface area contributed by atoms with Crippen molar-refractivity contribution >= 4 is 54.4 Å². The third-order valence-corrected chi connectivity index (χ3v) is 9.57. The molecule has 1 aliphatic rings. The number of fused-ring (bicyclic) bond motifs is 1. The van der Waals surface area contributed by atoms with Crippen molar-refractivity contribution in [2.75, 3.05) is 43.1 Å². The van der Waals surface area contributed by atoms with Crippen molar-refractivity contribution in [1.82, 2.24) is 10.3 Å². The van der Waals surface area contributed by atoms with Gasteiger partial charge < -0.3 is 24.6 Å². The van der Waals surface area contributed by atoms with Crippen LogP contribution in [0.25, 0.3) is 0 Å². The van der Waals surface area contributed by atoms with Crippen LogP contribution in [0.3, 0.4) is 0 Å². The molecule has 11 heteroatoms. The van der Waals surface area contributed by atoms with E-state index in [4.69, 9.17) is 21.1 Å². The Hall–Kier alpha value is -3.08. The maximum Gasteiger partial charge on any atom is 0.407 e. The Morgan fingerprint density at radius 3 is 2.77 bits per heavy atom. The van der Waals surface area contributed by atoms with Gasteiger partial charge in [0.05, 0.1) is 17.9 Å². The highest BCUT2D eigenvalue weighted by Crippen LogP contribution is 2.33. The average molecular weight is 601 g/mol. The number of pyridine rings is 1. The molecule has 3 aromatic rings. The van der Waals surface area contributed by atoms with E-state index in [0.717, 1.165) is 22.3 Å². The molecule has 0 saturated carbocycles. The second-order valence-electron chi connectivity index (χ2n) is 11.0. The minimum atomic E-state index is -1.20. The molecule has 4 rings (SSSR count). The summed E-state index contributed by atoms with van der Waals surface area (Å²) in [6, 6.07) is 14.4. The number of likely N-dealkylation sites (N-methyl/N-ethyl adjacent to an activating group) is 1. The van der Waals surface area contributed by atoms with Crippen molar-refractivity contribution in [2.45, 2.75) is 44.6 Å². The van der Waals surface area contributed by atoms with E-state index in [-0.39, 0.29) is 18.1 Å². The summed E-state index contributed by atoms with van der Waals surface area (Å²) >= 11 is 7.73. The number of ether oxygens (including phenoxy) is 2. The van der Waals surface area contributed by atoms with Crippen LogP contribution in [0, 0.1) is 0 Å². The van der Waals surface area contributed by atoms with Gasteiger partial charge in [0, 0.05) is 57.6 Å². The summed E-state index contributed by atoms with van der Waals surface area (Å²) in [5, 5.41) is 5.23. The number of rotatable bonds is 11. The first kappa shape index (κ1) is 29.9. The van der Waals surface area contributed by atoms with Gasteiger partial charge in [-0.2, -0.15) is 0 Å². The summed E-state index contributed by atoms with van der Waals surface area (Å²) in [7, 11) is 0.738. The van der Waals surface area contributed by atoms with Gasteiger partial charge in [-0.25, -0.2) is 9.78 Å². The molecule has 0 fully saturated rings. The Morgan fingerprint density at radius 2 is 2.02 bits per heavy atom. The van der Waals surface area contributed by atoms with E-state index in [0.29, 0.717) is 55.5 Å². The topological polar surface area (TPSA) is 84.0 Å². The molecule has 1 aromatic carbocycles. The SMILES string of the molecule is CN1CCN(c2cccc(O[C@@H](CCCOC(=O)NCC[Si](C)(C)C)c3cccs3)c2)C(=O)c2cnc(Cl)cc21. The van der Waals surface area contributed by atoms with Crippen molar-refractivity contribution in [3.63, 3.8) is 0 Å². The van der Waals surface area contributed by atoms with Crippen LogP contribution in [0.4, 0.5) is 16.2 Å². The third kappa shape index (κ3) is 8.22. The first-order valence-electron chi connectivity index (χ1n) is 13.5. The number of amides is 2. The van der Waals surface area contributed by atoms with E-state index in [1.54, 1.807) is 22.3 Å². The standard InChI is InChI=1S/C29H37ClN4O4SSi/c1-33-13-14-34(28(35)23-20-32-27(30)19-24(23)33)21-8-5-9-22(18-21)38-25(26-11-7-16-39-26)10-6-15-37-29(36)31-12-17-40(2,3)4/h5,7-9,11,16,18-20,25H,6,10,12-15,17H2,1-4H3,(H,31,36)/t25-/m0/s1. The summed E-state index contributed by atoms with van der Waals surface area (Å²) in [6.07, 6.45) is 2.31. The van der Waals surface area contributed by atoms with Crippen LogP contribution in [0.15, 0.2) is 54.0 Å². The lowest BCUT2D eigenvalue weighted by molar-refractivity contribution is 0.0989. The number of anilines is 2. The number of carbonyl (C=O) groups is 2. The molecule has 0 aliphatic carbocycles. The summed E-state index contributed by atoms with van der Waals surface area (Å²) in [4.78, 5) is 34.5. The summed E-state index contributed by atoms with van der Waals surface area (Å²) < 4.78 is 11.8. The number of nitrogens with zero attached hydrogens (tertiary/aromatic N) is 3. The van der Waals surface area contributed by atoms with Gasteiger partial charge >= 0.3 is 6.09 Å². The molecule has 1 aliphatic heterocycles. The van der Waals surface area contributed by atoms with Crippen molar-refractivity contribution in [2.24, 2.45) is 0 Å². The quantitative estimate of drug-likeness (QED) is 0.147. The zero-order chi connectivity index (χ0) is 28.7. The van der Waals surface area contributed by atoms with Crippen molar-refractivity contribution in [3.8, 4) is 5.75 Å². The number of benzene rings is 1. The zero-order valence-corrected chi connectivity index (χ0v) is 26.1. The van der Waals surface area contributed by atoms with E-state index in [9.17, 15) is 9.59 Å². The summed E-state index contributed by atoms with van der Waals surface area (Å²) in [5.74, 6) is 0.538. The van der Waals surface area contributed by atoms with Gasteiger partial charge in [-0.15, -0.1) is 11.3 Å². The number of carbonyl (C=O) groups excluding carboxylic acids is 2. The molecule has 0 radical (unpaired) electrons. The number of thiophene rings is 1. The minimum absolute atomic E-state index is 0.129. The van der Waals surface area contributed by atoms with Crippen molar-refractivity contribution < 1.29 is 19.1 Å². The van der Waals surface area contributed by atoms with E-state index < -0.39 is 8.07 Å². The maximum absolute atomic E-state index is 13.5. The molecule has 1 N–H and O–H groups in total. The molecule has 40 heavy (non-hydrogen) atoms. The van der Waals surface area contributed by atoms with Gasteiger partial charge in [0.1, 0.15) is 17.0 Å². The van der Waals surface area contributed by atoms with E-state index >= 15 is 0 Å². The second-order valence-corrected chi connectivity index (χ2v) is 18.0. The van der Waals surface area contributed by atoms with Gasteiger partial charge in [0.25, 0.3) is 5.91 Å². The van der Waals surface area contributed by atoms with Gasteiger partial charge in [0.2, 0.25) is 0 Å². The fourth-order valence-corrected chi connectivity index (χ4v) is 6.23. The zero-order valence-electron chi connectivity index (χ0n) is 23.5. The Morgan fingerprint density at radius 1 is 1.20 bits per heavy atom. The normalized spacial score (nSPS) is 14.4. The van der Waals surface area contributed by atoms with Crippen molar-refractivity contribution in [3.05, 3.63) is 69.6 Å². The Balaban J connectivity index is 1.39. The van der Waals surface area contributed by atoms with Gasteiger partial charge in [-0.1, -0.05) is 43.4 Å². The Labute approximate surface area is 246 Å². The maximum atomic E-state index is 13.5. The van der Waals surface area contributed by atoms with E-state index in [1.807, 2.05) is 53.7 Å². The monoisotopic (exact) mass is 600 g/mol. The molecular formula is C29H37ClN4O4SSi. The third-order valence-electron chi connectivity index (χ3n) is 6.65. The predicted octanol–water partition coefficient (Wildman–Crippen LogP) is 6.86. The Kier molecular flexibility index (Phi) is 10.1. The van der Waals surface area contributed by atoms with Crippen LogP contribution < -0.4 is 19.9 Å². The van der Waals surface area contributed by atoms with Crippen LogP contribution in [0.2, 0.25) is 30.8 Å². The highest BCUT2D eigenvalue weighted by molar-refractivity contribution is 7.10. The summed E-state index contributed by atoms with van der Waals surface area (Å²) in [6.45, 7) is 8.95. The molecule has 8 nitrogen and oxygen atoms in total. The number of nitrogens with one attached hydrogen (secondary N) is 1. The molecule has 2 amide bonds. The molecular weight excluding hydrogens is 564 g/mol. The highest BCUT2D eigenvalue weighted by Gasteiger charge is 2.27. The lowest BCUT2D eigenvalue weighted by Gasteiger charge is -2.23. The van der Waals surface area contributed by atoms with Gasteiger partial charge in [-0.05, 0) is 48.5 Å². The molecule has 0 saturated heterocycles. The first-order valence-corrected chi connectivity index (χ1v) is 18.5. The van der Waals surface area contributed by atoms with Crippen LogP contribution in [-0.2, 0) is 4.74 Å². The van der Waals surface area contributed by atoms with Gasteiger partial charge in [-0.3, -0.25) is 4.79 Å². The summed E-state index contributed by atoms with van der Waals surface area (Å²) in [5.41, 5.74) is 2.03. The van der Waals surface area contributed by atoms with Crippen LogP contribution in [0.1, 0.15) is 34.2 Å². The fourth-order valence-electron chi connectivity index (χ4n) is 4.41. The number of hydrogen-bond acceptors (Lipinski definition) is 7. The van der Waals surface area contributed by atoms with E-state index in [1.165, 1.54) is 6.20 Å². The number of aromatic nitrogens is 1. The molecule has 2 aromatic heterocycles. The molecule has 0 unspecified atom stereocenters.